The predicted octanol–water partition coefficient (Wildman–Crippen LogP) is 2.27. The lowest BCUT2D eigenvalue weighted by Crippen LogP contribution is -2.07. The molecule has 0 fully saturated rings. The zero-order valence-electron chi connectivity index (χ0n) is 7.63. The first-order chi connectivity index (χ1) is 5.88. The first-order valence-electron chi connectivity index (χ1n) is 4.08. The average Bonchev–Trinajstić information content (AvgIpc) is 2.09. The van der Waals surface area contributed by atoms with Gasteiger partial charge in [-0.15, -0.1) is 0 Å². The molecular weight excluding hydrogens is 166 g/mol. The van der Waals surface area contributed by atoms with E-state index in [2.05, 4.69) is 35.8 Å². The quantitative estimate of drug-likeness (QED) is 0.764. The van der Waals surface area contributed by atoms with Crippen LogP contribution in [0.2, 0.25) is 0 Å². The van der Waals surface area contributed by atoms with Crippen LogP contribution >= 0.6 is 11.8 Å². The molecule has 1 aromatic carbocycles. The number of thioether (sulfide) groups is 1. The summed E-state index contributed by atoms with van der Waals surface area (Å²) in [7, 11) is 1.98. The normalized spacial score (nSPS) is 10.2. The van der Waals surface area contributed by atoms with Gasteiger partial charge in [-0.05, 0) is 24.4 Å². The predicted molar refractivity (Wildman–Crippen MR) is 56.4 cm³/mol. The first kappa shape index (κ1) is 9.62. The van der Waals surface area contributed by atoms with E-state index in [0.29, 0.717) is 0 Å². The van der Waals surface area contributed by atoms with E-state index >= 15 is 0 Å². The van der Waals surface area contributed by atoms with Crippen molar-refractivity contribution in [3.8, 4) is 0 Å². The van der Waals surface area contributed by atoms with E-state index in [1.807, 2.05) is 18.8 Å². The molecule has 66 valence electrons. The third kappa shape index (κ3) is 2.54. The highest BCUT2D eigenvalue weighted by molar-refractivity contribution is 7.97. The lowest BCUT2D eigenvalue weighted by Gasteiger charge is -2.06. The molecule has 0 aromatic heterocycles. The van der Waals surface area contributed by atoms with E-state index in [9.17, 15) is 0 Å². The van der Waals surface area contributed by atoms with Gasteiger partial charge in [0.25, 0.3) is 0 Å². The summed E-state index contributed by atoms with van der Waals surface area (Å²) in [6.45, 7) is 0.969. The lowest BCUT2D eigenvalue weighted by molar-refractivity contribution is 0.811. The Morgan fingerprint density at radius 1 is 1.25 bits per heavy atom. The SMILES string of the molecule is CNCc1ccccc1CSC. The molecule has 1 aromatic rings. The molecule has 0 aliphatic carbocycles. The molecular formula is C10H15NS. The maximum Gasteiger partial charge on any atom is 0.0205 e. The Hall–Kier alpha value is -0.470. The van der Waals surface area contributed by atoms with Gasteiger partial charge < -0.3 is 5.32 Å². The maximum absolute atomic E-state index is 3.17. The van der Waals surface area contributed by atoms with E-state index in [0.717, 1.165) is 12.3 Å². The van der Waals surface area contributed by atoms with Crippen LogP contribution in [0.3, 0.4) is 0 Å². The minimum atomic E-state index is 0.969. The highest BCUT2D eigenvalue weighted by Gasteiger charge is 1.98. The molecule has 0 spiro atoms. The molecule has 0 aliphatic heterocycles. The van der Waals surface area contributed by atoms with Crippen molar-refractivity contribution in [1.29, 1.82) is 0 Å². The second kappa shape index (κ2) is 5.22. The highest BCUT2D eigenvalue weighted by atomic mass is 32.2. The third-order valence-electron chi connectivity index (χ3n) is 1.79. The Bertz CT molecular complexity index is 210. The largest absolute Gasteiger partial charge is 0.316 e. The van der Waals surface area contributed by atoms with Crippen LogP contribution in [0, 0.1) is 0 Å². The zero-order valence-corrected chi connectivity index (χ0v) is 8.45. The molecule has 2 heteroatoms. The molecule has 1 nitrogen and oxygen atoms in total. The molecule has 0 saturated carbocycles. The van der Waals surface area contributed by atoms with Crippen molar-refractivity contribution >= 4 is 11.8 Å². The summed E-state index contributed by atoms with van der Waals surface area (Å²) in [6, 6.07) is 8.58. The molecule has 0 saturated heterocycles. The van der Waals surface area contributed by atoms with E-state index in [1.54, 1.807) is 0 Å². The summed E-state index contributed by atoms with van der Waals surface area (Å²) in [5.74, 6) is 1.11. The number of nitrogens with one attached hydrogen (secondary N) is 1. The lowest BCUT2D eigenvalue weighted by atomic mass is 10.1. The van der Waals surface area contributed by atoms with Crippen molar-refractivity contribution < 1.29 is 0 Å². The molecule has 0 aliphatic rings. The summed E-state index contributed by atoms with van der Waals surface area (Å²) in [6.07, 6.45) is 2.14. The van der Waals surface area contributed by atoms with Crippen molar-refractivity contribution in [3.05, 3.63) is 35.4 Å². The molecule has 0 amide bonds. The van der Waals surface area contributed by atoms with Crippen molar-refractivity contribution in [3.63, 3.8) is 0 Å². The smallest absolute Gasteiger partial charge is 0.0205 e. The summed E-state index contributed by atoms with van der Waals surface area (Å²) >= 11 is 1.87. The Labute approximate surface area is 78.6 Å². The fourth-order valence-corrected chi connectivity index (χ4v) is 1.81. The van der Waals surface area contributed by atoms with E-state index in [4.69, 9.17) is 0 Å². The molecule has 12 heavy (non-hydrogen) atoms. The standard InChI is InChI=1S/C10H15NS/c1-11-7-9-5-3-4-6-10(9)8-12-2/h3-6,11H,7-8H2,1-2H3. The van der Waals surface area contributed by atoms with Gasteiger partial charge in [0, 0.05) is 12.3 Å². The van der Waals surface area contributed by atoms with Crippen molar-refractivity contribution in [2.45, 2.75) is 12.3 Å². The third-order valence-corrected chi connectivity index (χ3v) is 2.39. The van der Waals surface area contributed by atoms with Crippen LogP contribution in [-0.4, -0.2) is 13.3 Å². The number of hydrogen-bond acceptors (Lipinski definition) is 2. The molecule has 1 rings (SSSR count). The Kier molecular flexibility index (Phi) is 4.19. The van der Waals surface area contributed by atoms with E-state index < -0.39 is 0 Å². The highest BCUT2D eigenvalue weighted by Crippen LogP contribution is 2.14. The van der Waals surface area contributed by atoms with Crippen LogP contribution < -0.4 is 5.32 Å². The monoisotopic (exact) mass is 181 g/mol. The minimum Gasteiger partial charge on any atom is -0.316 e. The summed E-state index contributed by atoms with van der Waals surface area (Å²) in [4.78, 5) is 0. The fraction of sp³-hybridized carbons (Fsp3) is 0.400. The fourth-order valence-electron chi connectivity index (χ4n) is 1.22. The van der Waals surface area contributed by atoms with Gasteiger partial charge in [0.15, 0.2) is 0 Å². The number of hydrogen-bond donors (Lipinski definition) is 1. The number of rotatable bonds is 4. The van der Waals surface area contributed by atoms with Gasteiger partial charge in [0.05, 0.1) is 0 Å². The van der Waals surface area contributed by atoms with Gasteiger partial charge >= 0.3 is 0 Å². The van der Waals surface area contributed by atoms with Crippen LogP contribution in [0.5, 0.6) is 0 Å². The van der Waals surface area contributed by atoms with Gasteiger partial charge in [-0.25, -0.2) is 0 Å². The zero-order chi connectivity index (χ0) is 8.81. The molecule has 0 radical (unpaired) electrons. The Morgan fingerprint density at radius 2 is 1.92 bits per heavy atom. The molecule has 0 atom stereocenters. The van der Waals surface area contributed by atoms with Crippen molar-refractivity contribution in [1.82, 2.24) is 5.32 Å². The van der Waals surface area contributed by atoms with Gasteiger partial charge in [-0.3, -0.25) is 0 Å². The van der Waals surface area contributed by atoms with Crippen LogP contribution in [0.1, 0.15) is 11.1 Å². The van der Waals surface area contributed by atoms with Gasteiger partial charge in [-0.1, -0.05) is 24.3 Å². The maximum atomic E-state index is 3.17. The van der Waals surface area contributed by atoms with Crippen LogP contribution in [0.4, 0.5) is 0 Å². The van der Waals surface area contributed by atoms with Gasteiger partial charge in [0.2, 0.25) is 0 Å². The van der Waals surface area contributed by atoms with Crippen molar-refractivity contribution in [2.75, 3.05) is 13.3 Å². The van der Waals surface area contributed by atoms with E-state index in [-0.39, 0.29) is 0 Å². The second-order valence-electron chi connectivity index (χ2n) is 2.73. The van der Waals surface area contributed by atoms with Crippen LogP contribution in [0.15, 0.2) is 24.3 Å². The molecule has 1 N–H and O–H groups in total. The average molecular weight is 181 g/mol. The van der Waals surface area contributed by atoms with Crippen LogP contribution in [0.25, 0.3) is 0 Å². The Balaban J connectivity index is 2.77. The van der Waals surface area contributed by atoms with Crippen LogP contribution in [-0.2, 0) is 12.3 Å². The topological polar surface area (TPSA) is 12.0 Å². The summed E-state index contributed by atoms with van der Waals surface area (Å²) < 4.78 is 0. The first-order valence-corrected chi connectivity index (χ1v) is 5.48. The summed E-state index contributed by atoms with van der Waals surface area (Å²) in [5.41, 5.74) is 2.86. The molecule has 0 heterocycles. The molecule has 0 bridgehead atoms. The summed E-state index contributed by atoms with van der Waals surface area (Å²) in [5, 5.41) is 3.17. The van der Waals surface area contributed by atoms with E-state index in [1.165, 1.54) is 11.1 Å². The Morgan fingerprint density at radius 3 is 2.50 bits per heavy atom. The minimum absolute atomic E-state index is 0.969. The second-order valence-corrected chi connectivity index (χ2v) is 3.60. The van der Waals surface area contributed by atoms with Gasteiger partial charge in [0.1, 0.15) is 0 Å². The molecule has 0 unspecified atom stereocenters. The van der Waals surface area contributed by atoms with Crippen molar-refractivity contribution in [2.24, 2.45) is 0 Å². The number of benzene rings is 1. The van der Waals surface area contributed by atoms with Gasteiger partial charge in [-0.2, -0.15) is 11.8 Å².